The van der Waals surface area contributed by atoms with Gasteiger partial charge in [-0.3, -0.25) is 4.90 Å². The fourth-order valence-corrected chi connectivity index (χ4v) is 1.91. The van der Waals surface area contributed by atoms with E-state index in [0.717, 1.165) is 0 Å². The van der Waals surface area contributed by atoms with Crippen molar-refractivity contribution in [3.63, 3.8) is 0 Å². The van der Waals surface area contributed by atoms with Crippen LogP contribution in [0.4, 0.5) is 4.79 Å². The second-order valence-electron chi connectivity index (χ2n) is 4.28. The van der Waals surface area contributed by atoms with Gasteiger partial charge in [0, 0.05) is 6.54 Å². The van der Waals surface area contributed by atoms with Gasteiger partial charge in [-0.15, -0.1) is 0 Å². The predicted octanol–water partition coefficient (Wildman–Crippen LogP) is 0.390. The van der Waals surface area contributed by atoms with Crippen molar-refractivity contribution in [2.75, 3.05) is 13.2 Å². The van der Waals surface area contributed by atoms with Crippen LogP contribution >= 0.6 is 0 Å². The van der Waals surface area contributed by atoms with E-state index in [4.69, 9.17) is 4.74 Å². The Morgan fingerprint density at radius 2 is 2.25 bits per heavy atom. The highest BCUT2D eigenvalue weighted by Crippen LogP contribution is 2.14. The molecule has 2 rings (SSSR count). The molecule has 1 aromatic rings. The lowest BCUT2D eigenvalue weighted by atomic mass is 10.1. The molecule has 1 saturated heterocycles. The maximum atomic E-state index is 12.2. The largest absolute Gasteiger partial charge is 0.416 e. The number of carbonyl (C=O) groups is 1. The van der Waals surface area contributed by atoms with Gasteiger partial charge in [0.25, 0.3) is 6.33 Å². The molecule has 0 aliphatic carbocycles. The number of carbonyl (C=O) groups excluding carboxylic acids is 1. The van der Waals surface area contributed by atoms with Crippen molar-refractivity contribution in [3.8, 4) is 0 Å². The summed E-state index contributed by atoms with van der Waals surface area (Å²) in [5.74, 6) is 0. The first-order valence-corrected chi connectivity index (χ1v) is 5.55. The molecule has 0 saturated carbocycles. The second kappa shape index (κ2) is 4.25. The van der Waals surface area contributed by atoms with Gasteiger partial charge in [-0.1, -0.05) is 0 Å². The van der Waals surface area contributed by atoms with Crippen LogP contribution in [0.2, 0.25) is 0 Å². The Morgan fingerprint density at radius 3 is 2.88 bits per heavy atom. The van der Waals surface area contributed by atoms with Gasteiger partial charge in [-0.05, 0) is 13.8 Å². The number of ether oxygens (including phenoxy) is 1. The van der Waals surface area contributed by atoms with Crippen LogP contribution in [0.3, 0.4) is 0 Å². The van der Waals surface area contributed by atoms with E-state index in [2.05, 4.69) is 0 Å². The molecule has 88 valence electrons. The van der Waals surface area contributed by atoms with Crippen LogP contribution < -0.4 is 4.57 Å². The van der Waals surface area contributed by atoms with Crippen molar-refractivity contribution >= 4 is 6.03 Å². The second-order valence-corrected chi connectivity index (χ2v) is 4.28. The Hall–Kier alpha value is -1.36. The third kappa shape index (κ3) is 1.95. The van der Waals surface area contributed by atoms with Crippen molar-refractivity contribution in [2.24, 2.45) is 7.05 Å². The van der Waals surface area contributed by atoms with Crippen LogP contribution in [-0.4, -0.2) is 40.8 Å². The number of hydrogen-bond acceptors (Lipinski definition) is 2. The third-order valence-corrected chi connectivity index (χ3v) is 3.12. The first-order chi connectivity index (χ1) is 7.59. The normalized spacial score (nSPS) is 25.8. The Kier molecular flexibility index (Phi) is 2.96. The van der Waals surface area contributed by atoms with Gasteiger partial charge >= 0.3 is 6.03 Å². The zero-order valence-corrected chi connectivity index (χ0v) is 9.96. The first-order valence-electron chi connectivity index (χ1n) is 5.55. The molecule has 1 aliphatic rings. The molecular formula is C11H18N3O2+. The lowest BCUT2D eigenvalue weighted by Crippen LogP contribution is -2.52. The van der Waals surface area contributed by atoms with E-state index in [1.807, 2.05) is 36.6 Å². The number of imidazole rings is 1. The van der Waals surface area contributed by atoms with E-state index < -0.39 is 0 Å². The molecule has 5 heteroatoms. The van der Waals surface area contributed by atoms with Gasteiger partial charge in [0.2, 0.25) is 0 Å². The van der Waals surface area contributed by atoms with E-state index in [9.17, 15) is 4.79 Å². The smallest absolute Gasteiger partial charge is 0.375 e. The zero-order chi connectivity index (χ0) is 11.7. The fraction of sp³-hybridized carbons (Fsp3) is 0.636. The van der Waals surface area contributed by atoms with Gasteiger partial charge in [-0.2, -0.15) is 4.57 Å². The molecule has 5 nitrogen and oxygen atoms in total. The predicted molar refractivity (Wildman–Crippen MR) is 58.0 cm³/mol. The topological polar surface area (TPSA) is 38.4 Å². The third-order valence-electron chi connectivity index (χ3n) is 3.12. The van der Waals surface area contributed by atoms with Crippen molar-refractivity contribution in [1.82, 2.24) is 9.47 Å². The molecule has 0 aromatic carbocycles. The fourth-order valence-electron chi connectivity index (χ4n) is 1.91. The summed E-state index contributed by atoms with van der Waals surface area (Å²) in [6.45, 7) is 5.29. The number of aryl methyl sites for hydroxylation is 1. The van der Waals surface area contributed by atoms with E-state index in [0.29, 0.717) is 13.2 Å². The van der Waals surface area contributed by atoms with Crippen LogP contribution in [0.15, 0.2) is 18.7 Å². The molecule has 1 aromatic heterocycles. The van der Waals surface area contributed by atoms with Gasteiger partial charge < -0.3 is 4.74 Å². The molecular weight excluding hydrogens is 206 g/mol. The minimum Gasteiger partial charge on any atom is -0.375 e. The highest BCUT2D eigenvalue weighted by molar-refractivity contribution is 5.76. The van der Waals surface area contributed by atoms with Crippen LogP contribution in [0.5, 0.6) is 0 Å². The summed E-state index contributed by atoms with van der Waals surface area (Å²) in [5.41, 5.74) is 0. The number of hydrogen-bond donors (Lipinski definition) is 0. The Morgan fingerprint density at radius 1 is 1.50 bits per heavy atom. The summed E-state index contributed by atoms with van der Waals surface area (Å²) in [6.07, 6.45) is 5.50. The van der Waals surface area contributed by atoms with Gasteiger partial charge in [0.15, 0.2) is 0 Å². The first kappa shape index (κ1) is 11.1. The van der Waals surface area contributed by atoms with Crippen LogP contribution in [-0.2, 0) is 11.8 Å². The highest BCUT2D eigenvalue weighted by atomic mass is 16.5. The molecule has 0 N–H and O–H groups in total. The van der Waals surface area contributed by atoms with Crippen molar-refractivity contribution in [3.05, 3.63) is 18.7 Å². The zero-order valence-electron chi connectivity index (χ0n) is 9.96. The van der Waals surface area contributed by atoms with E-state index in [-0.39, 0.29) is 18.2 Å². The SMILES string of the molecule is CC1OCCN(C(=O)n2cc[n+](C)c2)C1C. The maximum absolute atomic E-state index is 12.2. The molecule has 0 spiro atoms. The maximum Gasteiger partial charge on any atom is 0.416 e. The van der Waals surface area contributed by atoms with E-state index >= 15 is 0 Å². The Bertz CT molecular complexity index is 388. The number of nitrogens with zero attached hydrogens (tertiary/aromatic N) is 3. The van der Waals surface area contributed by atoms with Crippen LogP contribution in [0.25, 0.3) is 0 Å². The summed E-state index contributed by atoms with van der Waals surface area (Å²) in [5, 5.41) is 0. The summed E-state index contributed by atoms with van der Waals surface area (Å²) in [6, 6.07) is 0.136. The van der Waals surface area contributed by atoms with Gasteiger partial charge in [-0.25, -0.2) is 9.36 Å². The minimum absolute atomic E-state index is 0.0169. The number of amides is 1. The summed E-state index contributed by atoms with van der Waals surface area (Å²) < 4.78 is 8.96. The summed E-state index contributed by atoms with van der Waals surface area (Å²) in [7, 11) is 1.90. The Balaban J connectivity index is 2.15. The number of morpholine rings is 1. The van der Waals surface area contributed by atoms with Crippen molar-refractivity contribution in [2.45, 2.75) is 26.0 Å². The molecule has 1 fully saturated rings. The average Bonchev–Trinajstić information content (AvgIpc) is 2.68. The summed E-state index contributed by atoms with van der Waals surface area (Å²) >= 11 is 0. The van der Waals surface area contributed by atoms with E-state index in [1.54, 1.807) is 17.1 Å². The number of aromatic nitrogens is 2. The van der Waals surface area contributed by atoms with Crippen LogP contribution in [0.1, 0.15) is 13.8 Å². The van der Waals surface area contributed by atoms with E-state index in [1.165, 1.54) is 0 Å². The monoisotopic (exact) mass is 224 g/mol. The number of rotatable bonds is 0. The molecule has 1 amide bonds. The average molecular weight is 224 g/mol. The molecule has 0 radical (unpaired) electrons. The lowest BCUT2D eigenvalue weighted by molar-refractivity contribution is -0.670. The summed E-state index contributed by atoms with van der Waals surface area (Å²) in [4.78, 5) is 14.0. The van der Waals surface area contributed by atoms with Gasteiger partial charge in [0.1, 0.15) is 12.4 Å². The molecule has 2 heterocycles. The van der Waals surface area contributed by atoms with Gasteiger partial charge in [0.05, 0.1) is 25.8 Å². The standard InChI is InChI=1S/C11H18N3O2/c1-9-10(2)16-7-6-14(9)11(15)13-5-4-12(3)8-13/h4-5,8-10H,6-7H2,1-3H3/q+1. The Labute approximate surface area is 95.2 Å². The molecule has 16 heavy (non-hydrogen) atoms. The van der Waals surface area contributed by atoms with Crippen molar-refractivity contribution < 1.29 is 14.1 Å². The molecule has 2 unspecified atom stereocenters. The quantitative estimate of drug-likeness (QED) is 0.598. The lowest BCUT2D eigenvalue weighted by Gasteiger charge is -2.36. The molecule has 2 atom stereocenters. The van der Waals surface area contributed by atoms with Crippen LogP contribution in [0, 0.1) is 0 Å². The minimum atomic E-state index is 0.0169. The molecule has 1 aliphatic heterocycles. The highest BCUT2D eigenvalue weighted by Gasteiger charge is 2.32. The van der Waals surface area contributed by atoms with Crippen molar-refractivity contribution in [1.29, 1.82) is 0 Å². The molecule has 0 bridgehead atoms.